The topological polar surface area (TPSA) is 108 Å². The van der Waals surface area contributed by atoms with Gasteiger partial charge in [0, 0.05) is 12.6 Å². The Hall–Kier alpha value is -1.67. The van der Waals surface area contributed by atoms with Gasteiger partial charge in [-0.1, -0.05) is 34.1 Å². The van der Waals surface area contributed by atoms with Gasteiger partial charge in [0.1, 0.15) is 11.6 Å². The highest BCUT2D eigenvalue weighted by atomic mass is 16.5. The number of ether oxygens (including phenoxy) is 1. The molecular weight excluding hydrogens is 410 g/mol. The van der Waals surface area contributed by atoms with Gasteiger partial charge in [0.15, 0.2) is 0 Å². The molecule has 0 aromatic rings. The van der Waals surface area contributed by atoms with E-state index >= 15 is 0 Å². The van der Waals surface area contributed by atoms with Crippen LogP contribution < -0.4 is 10.6 Å². The van der Waals surface area contributed by atoms with E-state index in [4.69, 9.17) is 4.74 Å². The van der Waals surface area contributed by atoms with Crippen LogP contribution in [0.4, 0.5) is 0 Å². The van der Waals surface area contributed by atoms with Gasteiger partial charge in [-0.3, -0.25) is 14.4 Å². The first-order valence-electron chi connectivity index (χ1n) is 12.2. The summed E-state index contributed by atoms with van der Waals surface area (Å²) < 4.78 is 6.66. The van der Waals surface area contributed by atoms with Crippen molar-refractivity contribution in [2.75, 3.05) is 13.2 Å². The van der Waals surface area contributed by atoms with Crippen molar-refractivity contribution >= 4 is 17.7 Å². The van der Waals surface area contributed by atoms with E-state index in [9.17, 15) is 19.5 Å². The highest BCUT2D eigenvalue weighted by Crippen LogP contribution is 2.65. The molecule has 3 N–H and O–H groups in total. The molecule has 3 aliphatic rings. The summed E-state index contributed by atoms with van der Waals surface area (Å²) in [4.78, 5) is 42.4. The molecule has 8 atom stereocenters. The number of carbonyl (C=O) groups excluding carboxylic acids is 3. The minimum Gasteiger partial charge on any atom is -0.394 e. The minimum absolute atomic E-state index is 0.00824. The average Bonchev–Trinajstić information content (AvgIpc) is 3.23. The van der Waals surface area contributed by atoms with Crippen LogP contribution in [-0.2, 0) is 19.1 Å². The zero-order chi connectivity index (χ0) is 24.0. The van der Waals surface area contributed by atoms with E-state index < -0.39 is 35.1 Å². The van der Waals surface area contributed by atoms with Gasteiger partial charge in [0.25, 0.3) is 0 Å². The van der Waals surface area contributed by atoms with Crippen LogP contribution in [0.3, 0.4) is 0 Å². The van der Waals surface area contributed by atoms with Gasteiger partial charge < -0.3 is 25.4 Å². The van der Waals surface area contributed by atoms with Crippen molar-refractivity contribution in [1.82, 2.24) is 15.5 Å². The van der Waals surface area contributed by atoms with Crippen molar-refractivity contribution in [3.05, 3.63) is 0 Å². The monoisotopic (exact) mass is 451 g/mol. The summed E-state index contributed by atoms with van der Waals surface area (Å²) in [5.41, 5.74) is -1.88. The van der Waals surface area contributed by atoms with Crippen LogP contribution >= 0.6 is 0 Å². The normalized spacial score (nSPS) is 37.5. The lowest BCUT2D eigenvalue weighted by molar-refractivity contribution is -0.152. The zero-order valence-corrected chi connectivity index (χ0v) is 20.6. The van der Waals surface area contributed by atoms with E-state index in [1.807, 2.05) is 48.5 Å². The Morgan fingerprint density at radius 1 is 1.25 bits per heavy atom. The molecule has 8 heteroatoms. The molecule has 0 saturated carbocycles. The van der Waals surface area contributed by atoms with Crippen molar-refractivity contribution in [1.29, 1.82) is 0 Å². The van der Waals surface area contributed by atoms with Crippen LogP contribution in [0.2, 0.25) is 0 Å². The number of likely N-dealkylation sites (tertiary alicyclic amines) is 1. The molecule has 3 heterocycles. The molecule has 182 valence electrons. The fraction of sp³-hybridized carbons (Fsp3) is 0.875. The molecule has 3 unspecified atom stereocenters. The van der Waals surface area contributed by atoms with E-state index in [0.29, 0.717) is 13.0 Å². The molecule has 1 spiro atoms. The van der Waals surface area contributed by atoms with Crippen LogP contribution in [0.25, 0.3) is 0 Å². The highest BCUT2D eigenvalue weighted by molar-refractivity contribution is 5.99. The van der Waals surface area contributed by atoms with Crippen molar-refractivity contribution in [3.63, 3.8) is 0 Å². The van der Waals surface area contributed by atoms with Crippen LogP contribution in [-0.4, -0.2) is 70.2 Å². The first-order chi connectivity index (χ1) is 15.0. The van der Waals surface area contributed by atoms with Crippen LogP contribution in [0.15, 0.2) is 0 Å². The number of aliphatic hydroxyl groups excluding tert-OH is 1. The predicted molar refractivity (Wildman–Crippen MR) is 121 cm³/mol. The van der Waals surface area contributed by atoms with Gasteiger partial charge in [-0.15, -0.1) is 0 Å². The molecule has 0 radical (unpaired) electrons. The van der Waals surface area contributed by atoms with Crippen LogP contribution in [0, 0.1) is 23.7 Å². The van der Waals surface area contributed by atoms with E-state index in [0.717, 1.165) is 12.8 Å². The lowest BCUT2D eigenvalue weighted by atomic mass is 9.62. The minimum atomic E-state index is -1.07. The predicted octanol–water partition coefficient (Wildman–Crippen LogP) is 1.45. The number of nitrogens with zero attached hydrogens (tertiary/aromatic N) is 1. The summed E-state index contributed by atoms with van der Waals surface area (Å²) in [6.07, 6.45) is 2.07. The first kappa shape index (κ1) is 25.0. The summed E-state index contributed by atoms with van der Waals surface area (Å²) >= 11 is 0. The van der Waals surface area contributed by atoms with E-state index in [2.05, 4.69) is 10.6 Å². The summed E-state index contributed by atoms with van der Waals surface area (Å²) in [5.74, 6) is -2.11. The third-order valence-corrected chi connectivity index (χ3v) is 8.11. The second kappa shape index (κ2) is 8.93. The number of carbonyl (C=O) groups is 3. The summed E-state index contributed by atoms with van der Waals surface area (Å²) in [6.45, 7) is 14.0. The lowest BCUT2D eigenvalue weighted by Crippen LogP contribution is -2.60. The molecule has 3 saturated heterocycles. The van der Waals surface area contributed by atoms with E-state index in [1.54, 1.807) is 4.90 Å². The lowest BCUT2D eigenvalue weighted by Gasteiger charge is -2.39. The maximum Gasteiger partial charge on any atom is 0.246 e. The van der Waals surface area contributed by atoms with E-state index in [-0.39, 0.29) is 42.2 Å². The molecular formula is C24H41N3O5. The van der Waals surface area contributed by atoms with Gasteiger partial charge in [-0.2, -0.15) is 0 Å². The van der Waals surface area contributed by atoms with Crippen molar-refractivity contribution in [3.8, 4) is 0 Å². The number of rotatable bonds is 9. The van der Waals surface area contributed by atoms with Crippen LogP contribution in [0.5, 0.6) is 0 Å². The second-order valence-corrected chi connectivity index (χ2v) is 10.5. The number of hydrogen-bond donors (Lipinski definition) is 3. The third-order valence-electron chi connectivity index (χ3n) is 8.11. The second-order valence-electron chi connectivity index (χ2n) is 10.5. The zero-order valence-electron chi connectivity index (χ0n) is 20.6. The fourth-order valence-corrected chi connectivity index (χ4v) is 6.27. The Bertz CT molecular complexity index is 758. The number of hydrogen-bond acceptors (Lipinski definition) is 5. The Labute approximate surface area is 191 Å². The summed E-state index contributed by atoms with van der Waals surface area (Å²) in [7, 11) is 0. The largest absolute Gasteiger partial charge is 0.394 e. The average molecular weight is 452 g/mol. The molecule has 8 nitrogen and oxygen atoms in total. The van der Waals surface area contributed by atoms with Gasteiger partial charge in [-0.25, -0.2) is 0 Å². The molecule has 3 aliphatic heterocycles. The number of amides is 3. The molecule has 32 heavy (non-hydrogen) atoms. The number of nitrogens with one attached hydrogen (secondary N) is 2. The number of fused-ring (bicyclic) bond motifs is 1. The van der Waals surface area contributed by atoms with Crippen molar-refractivity contribution in [2.24, 2.45) is 23.7 Å². The Kier molecular flexibility index (Phi) is 6.97. The smallest absolute Gasteiger partial charge is 0.246 e. The van der Waals surface area contributed by atoms with Gasteiger partial charge in [-0.05, 0) is 45.4 Å². The Morgan fingerprint density at radius 2 is 1.91 bits per heavy atom. The Balaban J connectivity index is 2.13. The third kappa shape index (κ3) is 3.54. The molecule has 0 aromatic heterocycles. The highest BCUT2D eigenvalue weighted by Gasteiger charge is 2.80. The van der Waals surface area contributed by atoms with Crippen molar-refractivity contribution in [2.45, 2.75) is 97.1 Å². The van der Waals surface area contributed by atoms with Crippen molar-refractivity contribution < 1.29 is 24.2 Å². The van der Waals surface area contributed by atoms with E-state index in [1.165, 1.54) is 0 Å². The van der Waals surface area contributed by atoms with Crippen LogP contribution in [0.1, 0.15) is 67.7 Å². The molecule has 3 rings (SSSR count). The fourth-order valence-electron chi connectivity index (χ4n) is 6.27. The SMILES string of the molecule is CCCNC(=O)[C@H]1[C@H]2C(=O)N([C@@H](CO)[C@@H](C)CC)C(C(=O)NC(C)C)C23CC(C)[C@]1(C)O3. The number of aliphatic hydroxyl groups is 1. The van der Waals surface area contributed by atoms with Gasteiger partial charge >= 0.3 is 0 Å². The molecule has 2 bridgehead atoms. The first-order valence-corrected chi connectivity index (χ1v) is 12.2. The molecule has 0 aromatic carbocycles. The quantitative estimate of drug-likeness (QED) is 0.492. The maximum absolute atomic E-state index is 14.0. The standard InChI is InChI=1S/C24H41N3O5/c1-8-10-25-20(29)17-18-22(31)27(16(12-28)14(5)9-2)19(21(30)26-13(3)4)24(18)11-15(6)23(17,7)32-24/h13-19,28H,8-12H2,1-7H3,(H,25,29)(H,26,30)/t14-,15?,16-,17+,18-,19?,23-,24?/m0/s1. The summed E-state index contributed by atoms with van der Waals surface area (Å²) in [5, 5.41) is 16.2. The molecule has 3 amide bonds. The molecule has 0 aliphatic carbocycles. The van der Waals surface area contributed by atoms with Gasteiger partial charge in [0.05, 0.1) is 30.1 Å². The maximum atomic E-state index is 14.0. The van der Waals surface area contributed by atoms with Gasteiger partial charge in [0.2, 0.25) is 17.7 Å². The molecule has 3 fully saturated rings. The Morgan fingerprint density at radius 3 is 2.44 bits per heavy atom. The summed E-state index contributed by atoms with van der Waals surface area (Å²) in [6, 6.07) is -1.50.